The van der Waals surface area contributed by atoms with Gasteiger partial charge in [0.05, 0.1) is 0 Å². The van der Waals surface area contributed by atoms with Crippen molar-refractivity contribution in [3.8, 4) is 5.75 Å². The largest absolute Gasteiger partial charge is 0.507 e. The van der Waals surface area contributed by atoms with Crippen molar-refractivity contribution in [3.05, 3.63) is 42.0 Å². The van der Waals surface area contributed by atoms with Gasteiger partial charge in [-0.25, -0.2) is 4.79 Å². The zero-order valence-corrected chi connectivity index (χ0v) is 6.86. The summed E-state index contributed by atoms with van der Waals surface area (Å²) in [5, 5.41) is 9.38. The molecule has 1 aliphatic rings. The predicted octanol–water partition coefficient (Wildman–Crippen LogP) is 1.79. The van der Waals surface area contributed by atoms with E-state index in [1.165, 1.54) is 12.1 Å². The molecule has 0 fully saturated rings. The number of carbonyl (C=O) groups is 1. The highest BCUT2D eigenvalue weighted by Crippen LogP contribution is 2.35. The second-order valence-corrected chi connectivity index (χ2v) is 2.80. The third-order valence-corrected chi connectivity index (χ3v) is 2.03. The monoisotopic (exact) mass is 176 g/mol. The minimum Gasteiger partial charge on any atom is -0.507 e. The molecule has 13 heavy (non-hydrogen) atoms. The maximum Gasteiger partial charge on any atom is 0.343 e. The summed E-state index contributed by atoms with van der Waals surface area (Å²) in [7, 11) is 0. The molecule has 1 aromatic rings. The lowest BCUT2D eigenvalue weighted by Crippen LogP contribution is -1.95. The molecule has 0 amide bonds. The molecular formula is C10H8O3. The Bertz CT molecular complexity index is 382. The molecule has 1 N–H and O–H groups in total. The molecule has 3 nitrogen and oxygen atoms in total. The number of esters is 1. The van der Waals surface area contributed by atoms with Crippen molar-refractivity contribution in [2.45, 2.75) is 6.10 Å². The molecule has 1 atom stereocenters. The summed E-state index contributed by atoms with van der Waals surface area (Å²) in [5.41, 5.74) is 0.937. The van der Waals surface area contributed by atoms with Gasteiger partial charge in [-0.15, -0.1) is 0 Å². The van der Waals surface area contributed by atoms with Crippen LogP contribution in [-0.2, 0) is 4.74 Å². The van der Waals surface area contributed by atoms with Crippen LogP contribution < -0.4 is 0 Å². The number of phenols is 1. The molecule has 0 aliphatic carbocycles. The molecule has 0 radical (unpaired) electrons. The molecule has 66 valence electrons. The van der Waals surface area contributed by atoms with E-state index in [-0.39, 0.29) is 11.3 Å². The van der Waals surface area contributed by atoms with Crippen LogP contribution >= 0.6 is 0 Å². The molecule has 0 bridgehead atoms. The van der Waals surface area contributed by atoms with Gasteiger partial charge < -0.3 is 9.84 Å². The highest BCUT2D eigenvalue weighted by Gasteiger charge is 2.31. The number of aromatic hydroxyl groups is 1. The molecule has 1 unspecified atom stereocenters. The van der Waals surface area contributed by atoms with Crippen LogP contribution in [0.4, 0.5) is 0 Å². The number of hydrogen-bond donors (Lipinski definition) is 1. The van der Waals surface area contributed by atoms with Gasteiger partial charge in [0, 0.05) is 5.56 Å². The van der Waals surface area contributed by atoms with Gasteiger partial charge in [-0.2, -0.15) is 0 Å². The van der Waals surface area contributed by atoms with Crippen molar-refractivity contribution in [2.75, 3.05) is 0 Å². The Labute approximate surface area is 75.3 Å². The zero-order chi connectivity index (χ0) is 9.42. The molecule has 3 heteroatoms. The fourth-order valence-corrected chi connectivity index (χ4v) is 1.43. The van der Waals surface area contributed by atoms with Crippen molar-refractivity contribution in [2.24, 2.45) is 0 Å². The van der Waals surface area contributed by atoms with Gasteiger partial charge in [0.1, 0.15) is 17.4 Å². The van der Waals surface area contributed by atoms with E-state index in [0.717, 1.165) is 0 Å². The molecule has 2 rings (SSSR count). The minimum atomic E-state index is -0.488. The lowest BCUT2D eigenvalue weighted by atomic mass is 10.0. The third-order valence-electron chi connectivity index (χ3n) is 2.03. The average molecular weight is 176 g/mol. The Kier molecular flexibility index (Phi) is 1.59. The molecule has 0 spiro atoms. The van der Waals surface area contributed by atoms with E-state index in [1.54, 1.807) is 12.1 Å². The van der Waals surface area contributed by atoms with Gasteiger partial charge in [0.15, 0.2) is 0 Å². The first-order valence-electron chi connectivity index (χ1n) is 3.89. The van der Waals surface area contributed by atoms with E-state index in [0.29, 0.717) is 5.56 Å². The molecule has 1 aromatic carbocycles. The summed E-state index contributed by atoms with van der Waals surface area (Å²) >= 11 is 0. The topological polar surface area (TPSA) is 46.5 Å². The SMILES string of the molecule is C=CC1OC(=O)c2c(O)cccc21. The Morgan fingerprint density at radius 2 is 2.31 bits per heavy atom. The van der Waals surface area contributed by atoms with Crippen LogP contribution in [0.2, 0.25) is 0 Å². The van der Waals surface area contributed by atoms with Crippen molar-refractivity contribution in [3.63, 3.8) is 0 Å². The smallest absolute Gasteiger partial charge is 0.343 e. The van der Waals surface area contributed by atoms with Gasteiger partial charge in [0.2, 0.25) is 0 Å². The van der Waals surface area contributed by atoms with E-state index in [4.69, 9.17) is 4.74 Å². The van der Waals surface area contributed by atoms with Crippen LogP contribution in [0.15, 0.2) is 30.9 Å². The molecule has 0 saturated carbocycles. The molecule has 1 aliphatic heterocycles. The molecule has 0 saturated heterocycles. The van der Waals surface area contributed by atoms with Gasteiger partial charge in [0.25, 0.3) is 0 Å². The fraction of sp³-hybridized carbons (Fsp3) is 0.100. The first-order chi connectivity index (χ1) is 6.24. The lowest BCUT2D eigenvalue weighted by Gasteiger charge is -2.02. The van der Waals surface area contributed by atoms with Crippen molar-refractivity contribution in [1.82, 2.24) is 0 Å². The quantitative estimate of drug-likeness (QED) is 0.524. The van der Waals surface area contributed by atoms with Gasteiger partial charge in [-0.1, -0.05) is 18.7 Å². The minimum absolute atomic E-state index is 0.0353. The summed E-state index contributed by atoms with van der Waals surface area (Å²) in [6.07, 6.45) is 1.11. The molecule has 0 aromatic heterocycles. The van der Waals surface area contributed by atoms with E-state index in [9.17, 15) is 9.90 Å². The normalized spacial score (nSPS) is 19.4. The summed E-state index contributed by atoms with van der Waals surface area (Å²) in [5.74, 6) is -0.523. The number of rotatable bonds is 1. The van der Waals surface area contributed by atoms with Crippen LogP contribution in [0.5, 0.6) is 5.75 Å². The summed E-state index contributed by atoms with van der Waals surface area (Å²) in [6, 6.07) is 4.88. The highest BCUT2D eigenvalue weighted by molar-refractivity contribution is 5.97. The maximum absolute atomic E-state index is 11.2. The van der Waals surface area contributed by atoms with Gasteiger partial charge in [-0.05, 0) is 12.1 Å². The standard InChI is InChI=1S/C10H8O3/c1-2-8-6-4-3-5-7(11)9(6)10(12)13-8/h2-5,8,11H,1H2. The Morgan fingerprint density at radius 1 is 1.54 bits per heavy atom. The summed E-state index contributed by atoms with van der Waals surface area (Å²) in [6.45, 7) is 3.55. The predicted molar refractivity (Wildman–Crippen MR) is 46.5 cm³/mol. The van der Waals surface area contributed by atoms with Crippen molar-refractivity contribution >= 4 is 5.97 Å². The van der Waals surface area contributed by atoms with Gasteiger partial charge in [-0.3, -0.25) is 0 Å². The molecular weight excluding hydrogens is 168 g/mol. The van der Waals surface area contributed by atoms with Crippen LogP contribution in [-0.4, -0.2) is 11.1 Å². The zero-order valence-electron chi connectivity index (χ0n) is 6.86. The second kappa shape index (κ2) is 2.62. The summed E-state index contributed by atoms with van der Waals surface area (Å²) < 4.78 is 4.94. The number of phenolic OH excluding ortho intramolecular Hbond substituents is 1. The van der Waals surface area contributed by atoms with Crippen LogP contribution in [0.25, 0.3) is 0 Å². The fourth-order valence-electron chi connectivity index (χ4n) is 1.43. The Hall–Kier alpha value is -1.77. The first-order valence-corrected chi connectivity index (χ1v) is 3.89. The first kappa shape index (κ1) is 7.86. The number of benzene rings is 1. The van der Waals surface area contributed by atoms with Crippen LogP contribution in [0.3, 0.4) is 0 Å². The van der Waals surface area contributed by atoms with Crippen LogP contribution in [0.1, 0.15) is 22.0 Å². The summed E-state index contributed by atoms with van der Waals surface area (Å²) in [4.78, 5) is 11.2. The number of cyclic esters (lactones) is 1. The highest BCUT2D eigenvalue weighted by atomic mass is 16.5. The Morgan fingerprint density at radius 3 is 3.00 bits per heavy atom. The van der Waals surface area contributed by atoms with E-state index in [2.05, 4.69) is 6.58 Å². The second-order valence-electron chi connectivity index (χ2n) is 2.80. The average Bonchev–Trinajstić information content (AvgIpc) is 2.44. The Balaban J connectivity index is 2.64. The van der Waals surface area contributed by atoms with E-state index >= 15 is 0 Å². The number of carbonyl (C=O) groups excluding carboxylic acids is 1. The lowest BCUT2D eigenvalue weighted by molar-refractivity contribution is 0.0466. The third kappa shape index (κ3) is 1.01. The van der Waals surface area contributed by atoms with Gasteiger partial charge >= 0.3 is 5.97 Å². The molecule has 1 heterocycles. The maximum atomic E-state index is 11.2. The van der Waals surface area contributed by atoms with Crippen molar-refractivity contribution in [1.29, 1.82) is 0 Å². The number of fused-ring (bicyclic) bond motifs is 1. The number of ether oxygens (including phenoxy) is 1. The number of hydrogen-bond acceptors (Lipinski definition) is 3. The van der Waals surface area contributed by atoms with Crippen molar-refractivity contribution < 1.29 is 14.6 Å². The van der Waals surface area contributed by atoms with Crippen LogP contribution in [0, 0.1) is 0 Å². The van der Waals surface area contributed by atoms with E-state index < -0.39 is 12.1 Å². The van der Waals surface area contributed by atoms with E-state index in [1.807, 2.05) is 0 Å².